The highest BCUT2D eigenvalue weighted by Crippen LogP contribution is 2.27. The average molecular weight is 271 g/mol. The second-order valence-corrected chi connectivity index (χ2v) is 4.31. The van der Waals surface area contributed by atoms with Crippen LogP contribution in [0.2, 0.25) is 5.02 Å². The standard InChI is InChI=1S/C13H19ClN2O2/c1-3-4-7-15-13(17)9-16-10-5-6-11(14)12(8-10)18-2/h5-6,8,16H,3-4,7,9H2,1-2H3,(H,15,17). The van der Waals surface area contributed by atoms with Crippen molar-refractivity contribution in [3.8, 4) is 5.75 Å². The van der Waals surface area contributed by atoms with Crippen molar-refractivity contribution < 1.29 is 9.53 Å². The number of nitrogens with one attached hydrogen (secondary N) is 2. The van der Waals surface area contributed by atoms with Gasteiger partial charge in [-0.15, -0.1) is 0 Å². The number of hydrogen-bond donors (Lipinski definition) is 2. The summed E-state index contributed by atoms with van der Waals surface area (Å²) in [5, 5.41) is 6.41. The Bertz CT molecular complexity index is 397. The molecule has 1 aromatic rings. The minimum Gasteiger partial charge on any atom is -0.495 e. The van der Waals surface area contributed by atoms with Crippen molar-refractivity contribution in [3.05, 3.63) is 23.2 Å². The Hall–Kier alpha value is -1.42. The van der Waals surface area contributed by atoms with E-state index in [2.05, 4.69) is 17.6 Å². The molecule has 0 aromatic heterocycles. The van der Waals surface area contributed by atoms with Gasteiger partial charge in [0.2, 0.25) is 5.91 Å². The quantitative estimate of drug-likeness (QED) is 0.749. The first-order chi connectivity index (χ1) is 8.67. The summed E-state index contributed by atoms with van der Waals surface area (Å²) in [5.74, 6) is 0.574. The van der Waals surface area contributed by atoms with E-state index in [9.17, 15) is 4.79 Å². The predicted molar refractivity (Wildman–Crippen MR) is 74.4 cm³/mol. The lowest BCUT2D eigenvalue weighted by molar-refractivity contribution is -0.119. The number of carbonyl (C=O) groups excluding carboxylic acids is 1. The van der Waals surface area contributed by atoms with E-state index >= 15 is 0 Å². The lowest BCUT2D eigenvalue weighted by Gasteiger charge is -2.09. The molecule has 0 unspecified atom stereocenters. The van der Waals surface area contributed by atoms with Gasteiger partial charge >= 0.3 is 0 Å². The molecule has 0 radical (unpaired) electrons. The summed E-state index contributed by atoms with van der Waals surface area (Å²) in [7, 11) is 1.56. The summed E-state index contributed by atoms with van der Waals surface area (Å²) in [6.45, 7) is 3.06. The Labute approximate surface area is 113 Å². The fourth-order valence-electron chi connectivity index (χ4n) is 1.42. The van der Waals surface area contributed by atoms with Gasteiger partial charge in [-0.2, -0.15) is 0 Å². The van der Waals surface area contributed by atoms with Crippen LogP contribution >= 0.6 is 11.6 Å². The fourth-order valence-corrected chi connectivity index (χ4v) is 1.61. The van der Waals surface area contributed by atoms with Gasteiger partial charge in [0.1, 0.15) is 5.75 Å². The van der Waals surface area contributed by atoms with Crippen molar-refractivity contribution in [3.63, 3.8) is 0 Å². The lowest BCUT2D eigenvalue weighted by atomic mass is 10.3. The molecule has 0 aliphatic rings. The van der Waals surface area contributed by atoms with Crippen molar-refractivity contribution in [1.82, 2.24) is 5.32 Å². The Morgan fingerprint density at radius 1 is 1.44 bits per heavy atom. The maximum Gasteiger partial charge on any atom is 0.239 e. The van der Waals surface area contributed by atoms with Crippen molar-refractivity contribution in [2.45, 2.75) is 19.8 Å². The third-order valence-corrected chi connectivity index (χ3v) is 2.77. The first-order valence-corrected chi connectivity index (χ1v) is 6.39. The number of unbranched alkanes of at least 4 members (excludes halogenated alkanes) is 1. The highest BCUT2D eigenvalue weighted by atomic mass is 35.5. The highest BCUT2D eigenvalue weighted by Gasteiger charge is 2.03. The monoisotopic (exact) mass is 270 g/mol. The van der Waals surface area contributed by atoms with Gasteiger partial charge in [0.15, 0.2) is 0 Å². The van der Waals surface area contributed by atoms with Crippen LogP contribution in [0.15, 0.2) is 18.2 Å². The van der Waals surface area contributed by atoms with E-state index in [-0.39, 0.29) is 12.5 Å². The van der Waals surface area contributed by atoms with Crippen LogP contribution in [0.3, 0.4) is 0 Å². The molecule has 4 nitrogen and oxygen atoms in total. The van der Waals surface area contributed by atoms with Crippen molar-refractivity contribution in [2.75, 3.05) is 25.5 Å². The normalized spacial score (nSPS) is 9.94. The van der Waals surface area contributed by atoms with Crippen LogP contribution in [-0.4, -0.2) is 26.1 Å². The van der Waals surface area contributed by atoms with Gasteiger partial charge in [-0.25, -0.2) is 0 Å². The molecule has 1 aromatic carbocycles. The minimum atomic E-state index is -0.0163. The molecule has 0 saturated heterocycles. The summed E-state index contributed by atoms with van der Waals surface area (Å²) in [4.78, 5) is 11.5. The van der Waals surface area contributed by atoms with E-state index in [4.69, 9.17) is 16.3 Å². The molecular formula is C13H19ClN2O2. The maximum absolute atomic E-state index is 11.5. The molecule has 0 bridgehead atoms. The first-order valence-electron chi connectivity index (χ1n) is 6.01. The van der Waals surface area contributed by atoms with E-state index < -0.39 is 0 Å². The first kappa shape index (κ1) is 14.6. The Kier molecular flexibility index (Phi) is 6.36. The molecule has 5 heteroatoms. The summed E-state index contributed by atoms with van der Waals surface area (Å²) in [5.41, 5.74) is 0.807. The van der Waals surface area contributed by atoms with Gasteiger partial charge in [0.05, 0.1) is 18.7 Å². The highest BCUT2D eigenvalue weighted by molar-refractivity contribution is 6.32. The fraction of sp³-hybridized carbons (Fsp3) is 0.462. The lowest BCUT2D eigenvalue weighted by Crippen LogP contribution is -2.30. The van der Waals surface area contributed by atoms with Crippen LogP contribution in [0.4, 0.5) is 5.69 Å². The predicted octanol–water partition coefficient (Wildman–Crippen LogP) is 2.68. The van der Waals surface area contributed by atoms with E-state index in [0.29, 0.717) is 10.8 Å². The second-order valence-electron chi connectivity index (χ2n) is 3.91. The molecule has 0 aliphatic heterocycles. The van der Waals surface area contributed by atoms with Crippen LogP contribution in [0.1, 0.15) is 19.8 Å². The number of rotatable bonds is 7. The van der Waals surface area contributed by atoms with Crippen LogP contribution in [-0.2, 0) is 4.79 Å². The number of methoxy groups -OCH3 is 1. The number of amides is 1. The molecule has 0 atom stereocenters. The van der Waals surface area contributed by atoms with Gasteiger partial charge in [0, 0.05) is 18.3 Å². The number of ether oxygens (including phenoxy) is 1. The number of anilines is 1. The molecule has 0 fully saturated rings. The summed E-state index contributed by atoms with van der Waals surface area (Å²) in [6, 6.07) is 5.31. The smallest absolute Gasteiger partial charge is 0.239 e. The maximum atomic E-state index is 11.5. The summed E-state index contributed by atoms with van der Waals surface area (Å²) < 4.78 is 5.10. The Morgan fingerprint density at radius 3 is 2.89 bits per heavy atom. The van der Waals surface area contributed by atoms with E-state index in [1.54, 1.807) is 19.2 Å². The molecule has 2 N–H and O–H groups in total. The van der Waals surface area contributed by atoms with Gasteiger partial charge in [-0.05, 0) is 18.6 Å². The largest absolute Gasteiger partial charge is 0.495 e. The zero-order valence-corrected chi connectivity index (χ0v) is 11.5. The van der Waals surface area contributed by atoms with E-state index in [1.807, 2.05) is 6.07 Å². The van der Waals surface area contributed by atoms with Crippen LogP contribution < -0.4 is 15.4 Å². The van der Waals surface area contributed by atoms with E-state index in [0.717, 1.165) is 25.1 Å². The van der Waals surface area contributed by atoms with Gasteiger partial charge in [-0.3, -0.25) is 4.79 Å². The zero-order chi connectivity index (χ0) is 13.4. The molecule has 1 amide bonds. The number of benzene rings is 1. The summed E-state index contributed by atoms with van der Waals surface area (Å²) >= 11 is 5.91. The molecule has 1 rings (SSSR count). The van der Waals surface area contributed by atoms with Crippen LogP contribution in [0.5, 0.6) is 5.75 Å². The molecule has 18 heavy (non-hydrogen) atoms. The molecule has 0 saturated carbocycles. The Morgan fingerprint density at radius 2 is 2.22 bits per heavy atom. The number of hydrogen-bond acceptors (Lipinski definition) is 3. The third kappa shape index (κ3) is 4.84. The minimum absolute atomic E-state index is 0.0163. The zero-order valence-electron chi connectivity index (χ0n) is 10.8. The molecule has 0 spiro atoms. The summed E-state index contributed by atoms with van der Waals surface area (Å²) in [6.07, 6.45) is 2.07. The average Bonchev–Trinajstić information content (AvgIpc) is 2.38. The van der Waals surface area contributed by atoms with Gasteiger partial charge in [0.25, 0.3) is 0 Å². The Balaban J connectivity index is 2.41. The van der Waals surface area contributed by atoms with Crippen molar-refractivity contribution in [2.24, 2.45) is 0 Å². The molecule has 100 valence electrons. The van der Waals surface area contributed by atoms with Crippen molar-refractivity contribution in [1.29, 1.82) is 0 Å². The number of halogens is 1. The SMILES string of the molecule is CCCCNC(=O)CNc1ccc(Cl)c(OC)c1. The number of carbonyl (C=O) groups is 1. The van der Waals surface area contributed by atoms with Gasteiger partial charge in [-0.1, -0.05) is 24.9 Å². The van der Waals surface area contributed by atoms with Gasteiger partial charge < -0.3 is 15.4 Å². The van der Waals surface area contributed by atoms with Crippen molar-refractivity contribution >= 4 is 23.2 Å². The second kappa shape index (κ2) is 7.82. The molecule has 0 aliphatic carbocycles. The molecular weight excluding hydrogens is 252 g/mol. The van der Waals surface area contributed by atoms with E-state index in [1.165, 1.54) is 0 Å². The topological polar surface area (TPSA) is 50.4 Å². The third-order valence-electron chi connectivity index (χ3n) is 2.46. The molecule has 0 heterocycles. The van der Waals surface area contributed by atoms with Crippen LogP contribution in [0, 0.1) is 0 Å². The van der Waals surface area contributed by atoms with Crippen LogP contribution in [0.25, 0.3) is 0 Å².